The number of halogens is 1. The third kappa shape index (κ3) is 4.12. The van der Waals surface area contributed by atoms with Gasteiger partial charge in [0.2, 0.25) is 0 Å². The van der Waals surface area contributed by atoms with Gasteiger partial charge in [0.05, 0.1) is 25.5 Å². The topological polar surface area (TPSA) is 67.9 Å². The molecule has 0 saturated carbocycles. The summed E-state index contributed by atoms with van der Waals surface area (Å²) in [6.45, 7) is 4.18. The second-order valence-corrected chi connectivity index (χ2v) is 8.12. The minimum absolute atomic E-state index is 0.0535. The molecule has 0 aliphatic carbocycles. The number of benzene rings is 3. The standard InChI is InChI=1S/C27H25FN2O4/c1-16(2)17-9-12-19(13-10-17)29-25-24(18-11-14-22(33-3)23(15-18)34-4)26(31)30(27(25)32)21-8-6-5-7-20(21)28/h5-16,29H,1-4H3. The number of ether oxygens (including phenoxy) is 2. The number of imide groups is 1. The molecule has 1 aliphatic rings. The highest BCUT2D eigenvalue weighted by Gasteiger charge is 2.41. The fourth-order valence-electron chi connectivity index (χ4n) is 3.85. The number of carbonyl (C=O) groups is 2. The molecule has 3 aromatic rings. The van der Waals surface area contributed by atoms with Crippen LogP contribution in [-0.2, 0) is 9.59 Å². The molecule has 4 rings (SSSR count). The lowest BCUT2D eigenvalue weighted by molar-refractivity contribution is -0.120. The molecule has 0 unspecified atom stereocenters. The van der Waals surface area contributed by atoms with Gasteiger partial charge < -0.3 is 14.8 Å². The van der Waals surface area contributed by atoms with E-state index in [0.29, 0.717) is 28.7 Å². The highest BCUT2D eigenvalue weighted by Crippen LogP contribution is 2.38. The van der Waals surface area contributed by atoms with Crippen molar-refractivity contribution in [2.45, 2.75) is 19.8 Å². The second-order valence-electron chi connectivity index (χ2n) is 8.12. The first-order chi connectivity index (χ1) is 16.3. The summed E-state index contributed by atoms with van der Waals surface area (Å²) in [5, 5.41) is 3.09. The van der Waals surface area contributed by atoms with Crippen molar-refractivity contribution in [1.82, 2.24) is 0 Å². The Bertz CT molecular complexity index is 1280. The van der Waals surface area contributed by atoms with E-state index in [-0.39, 0.29) is 17.0 Å². The van der Waals surface area contributed by atoms with Crippen LogP contribution >= 0.6 is 0 Å². The molecular formula is C27H25FN2O4. The zero-order valence-electron chi connectivity index (χ0n) is 19.4. The van der Waals surface area contributed by atoms with Crippen molar-refractivity contribution in [3.05, 3.63) is 89.4 Å². The minimum atomic E-state index is -0.668. The van der Waals surface area contributed by atoms with Crippen LogP contribution in [0.2, 0.25) is 0 Å². The number of methoxy groups -OCH3 is 2. The number of amides is 2. The Morgan fingerprint density at radius 3 is 2.15 bits per heavy atom. The van der Waals surface area contributed by atoms with E-state index in [0.717, 1.165) is 10.5 Å². The van der Waals surface area contributed by atoms with E-state index in [4.69, 9.17) is 9.47 Å². The molecule has 1 N–H and O–H groups in total. The van der Waals surface area contributed by atoms with Gasteiger partial charge in [-0.25, -0.2) is 9.29 Å². The first-order valence-corrected chi connectivity index (χ1v) is 10.8. The highest BCUT2D eigenvalue weighted by molar-refractivity contribution is 6.46. The zero-order valence-corrected chi connectivity index (χ0v) is 19.4. The van der Waals surface area contributed by atoms with Crippen LogP contribution in [0.1, 0.15) is 30.9 Å². The van der Waals surface area contributed by atoms with Gasteiger partial charge in [-0.1, -0.05) is 44.2 Å². The van der Waals surface area contributed by atoms with Crippen molar-refractivity contribution in [3.8, 4) is 11.5 Å². The highest BCUT2D eigenvalue weighted by atomic mass is 19.1. The number of rotatable bonds is 7. The van der Waals surface area contributed by atoms with Crippen LogP contribution in [-0.4, -0.2) is 26.0 Å². The number of carbonyl (C=O) groups excluding carboxylic acids is 2. The molecule has 1 aliphatic heterocycles. The van der Waals surface area contributed by atoms with Crippen molar-refractivity contribution in [1.29, 1.82) is 0 Å². The molecule has 3 aromatic carbocycles. The number of nitrogens with zero attached hydrogens (tertiary/aromatic N) is 1. The van der Waals surface area contributed by atoms with Crippen molar-refractivity contribution < 1.29 is 23.5 Å². The quantitative estimate of drug-likeness (QED) is 0.481. The van der Waals surface area contributed by atoms with Crippen molar-refractivity contribution >= 4 is 28.8 Å². The molecule has 0 saturated heterocycles. The Labute approximate surface area is 197 Å². The summed E-state index contributed by atoms with van der Waals surface area (Å²) in [4.78, 5) is 27.9. The number of para-hydroxylation sites is 1. The molecule has 0 spiro atoms. The van der Waals surface area contributed by atoms with E-state index < -0.39 is 17.6 Å². The lowest BCUT2D eigenvalue weighted by Gasteiger charge is -2.16. The smallest absolute Gasteiger partial charge is 0.282 e. The summed E-state index contributed by atoms with van der Waals surface area (Å²) >= 11 is 0. The number of hydrogen-bond acceptors (Lipinski definition) is 5. The number of hydrogen-bond donors (Lipinski definition) is 1. The maximum atomic E-state index is 14.6. The van der Waals surface area contributed by atoms with Crippen LogP contribution in [0.3, 0.4) is 0 Å². The SMILES string of the molecule is COc1ccc(C2=C(Nc3ccc(C(C)C)cc3)C(=O)N(c3ccccc3F)C2=O)cc1OC. The van der Waals surface area contributed by atoms with Gasteiger partial charge >= 0.3 is 0 Å². The maximum Gasteiger partial charge on any atom is 0.282 e. The Kier molecular flexibility index (Phi) is 6.36. The summed E-state index contributed by atoms with van der Waals surface area (Å²) in [5.74, 6) is -0.720. The number of nitrogens with one attached hydrogen (secondary N) is 1. The normalized spacial score (nSPS) is 13.6. The predicted molar refractivity (Wildman–Crippen MR) is 130 cm³/mol. The van der Waals surface area contributed by atoms with Crippen LogP contribution in [0.5, 0.6) is 11.5 Å². The zero-order chi connectivity index (χ0) is 24.4. The third-order valence-electron chi connectivity index (χ3n) is 5.70. The Hall–Kier alpha value is -4.13. The summed E-state index contributed by atoms with van der Waals surface area (Å²) in [5.41, 5.74) is 2.27. The van der Waals surface area contributed by atoms with Crippen molar-refractivity contribution in [2.75, 3.05) is 24.4 Å². The van der Waals surface area contributed by atoms with Gasteiger partial charge in [-0.3, -0.25) is 9.59 Å². The van der Waals surface area contributed by atoms with Gasteiger partial charge in [0.15, 0.2) is 11.5 Å². The molecule has 0 atom stereocenters. The van der Waals surface area contributed by atoms with Crippen LogP contribution in [0.25, 0.3) is 5.57 Å². The molecule has 6 nitrogen and oxygen atoms in total. The van der Waals surface area contributed by atoms with Gasteiger partial charge in [-0.05, 0) is 53.4 Å². The van der Waals surface area contributed by atoms with Crippen LogP contribution in [0.15, 0.2) is 72.4 Å². The molecule has 34 heavy (non-hydrogen) atoms. The van der Waals surface area contributed by atoms with Gasteiger partial charge in [0.1, 0.15) is 11.5 Å². The monoisotopic (exact) mass is 460 g/mol. The van der Waals surface area contributed by atoms with E-state index in [1.807, 2.05) is 24.3 Å². The molecule has 0 aromatic heterocycles. The summed E-state index contributed by atoms with van der Waals surface area (Å²) in [7, 11) is 2.99. The van der Waals surface area contributed by atoms with Gasteiger partial charge in [0.25, 0.3) is 11.8 Å². The van der Waals surface area contributed by atoms with E-state index in [1.54, 1.807) is 24.3 Å². The first kappa shape index (κ1) is 23.0. The average molecular weight is 461 g/mol. The third-order valence-corrected chi connectivity index (χ3v) is 5.70. The molecule has 2 amide bonds. The van der Waals surface area contributed by atoms with Gasteiger partial charge in [0, 0.05) is 5.69 Å². The molecule has 0 radical (unpaired) electrons. The van der Waals surface area contributed by atoms with E-state index in [9.17, 15) is 14.0 Å². The van der Waals surface area contributed by atoms with Crippen LogP contribution in [0, 0.1) is 5.82 Å². The minimum Gasteiger partial charge on any atom is -0.493 e. The van der Waals surface area contributed by atoms with Gasteiger partial charge in [-0.15, -0.1) is 0 Å². The molecule has 0 fully saturated rings. The molecule has 0 bridgehead atoms. The molecule has 174 valence electrons. The fraction of sp³-hybridized carbons (Fsp3) is 0.185. The van der Waals surface area contributed by atoms with E-state index in [2.05, 4.69) is 19.2 Å². The summed E-state index contributed by atoms with van der Waals surface area (Å²) in [6, 6.07) is 18.2. The average Bonchev–Trinajstić information content (AvgIpc) is 3.08. The van der Waals surface area contributed by atoms with Crippen LogP contribution in [0.4, 0.5) is 15.8 Å². The van der Waals surface area contributed by atoms with Crippen LogP contribution < -0.4 is 19.7 Å². The summed E-state index contributed by atoms with van der Waals surface area (Å²) < 4.78 is 25.3. The first-order valence-electron chi connectivity index (χ1n) is 10.8. The molecule has 7 heteroatoms. The van der Waals surface area contributed by atoms with Crippen molar-refractivity contribution in [2.24, 2.45) is 0 Å². The molecule has 1 heterocycles. The van der Waals surface area contributed by atoms with Crippen molar-refractivity contribution in [3.63, 3.8) is 0 Å². The largest absolute Gasteiger partial charge is 0.493 e. The number of anilines is 2. The predicted octanol–water partition coefficient (Wildman–Crippen LogP) is 5.36. The molecular weight excluding hydrogens is 435 g/mol. The Morgan fingerprint density at radius 2 is 1.53 bits per heavy atom. The maximum absolute atomic E-state index is 14.6. The Balaban J connectivity index is 1.83. The lowest BCUT2D eigenvalue weighted by Crippen LogP contribution is -2.33. The summed E-state index contributed by atoms with van der Waals surface area (Å²) in [6.07, 6.45) is 0. The fourth-order valence-corrected chi connectivity index (χ4v) is 3.85. The lowest BCUT2D eigenvalue weighted by atomic mass is 10.0. The Morgan fingerprint density at radius 1 is 0.853 bits per heavy atom. The van der Waals surface area contributed by atoms with E-state index in [1.165, 1.54) is 32.4 Å². The van der Waals surface area contributed by atoms with Gasteiger partial charge in [-0.2, -0.15) is 0 Å². The second kappa shape index (κ2) is 9.39. The van der Waals surface area contributed by atoms with E-state index >= 15 is 0 Å².